The molecule has 29 heavy (non-hydrogen) atoms. The van der Waals surface area contributed by atoms with Gasteiger partial charge in [0.1, 0.15) is 4.90 Å². The van der Waals surface area contributed by atoms with Crippen molar-refractivity contribution in [3.05, 3.63) is 64.1 Å². The number of sulfonamides is 1. The van der Waals surface area contributed by atoms with Crippen LogP contribution in [0.3, 0.4) is 0 Å². The van der Waals surface area contributed by atoms with Crippen LogP contribution in [0, 0.1) is 0 Å². The fourth-order valence-corrected chi connectivity index (χ4v) is 3.62. The summed E-state index contributed by atoms with van der Waals surface area (Å²) in [6, 6.07) is 10.8. The first-order valence-electron chi connectivity index (χ1n) is 8.22. The molecule has 0 unspecified atom stereocenters. The normalized spacial score (nSPS) is 11.6. The first kappa shape index (κ1) is 22.9. The summed E-state index contributed by atoms with van der Waals surface area (Å²) in [6.07, 6.45) is 2.70. The van der Waals surface area contributed by atoms with Crippen LogP contribution >= 0.6 is 23.2 Å². The molecular weight excluding hydrogens is 439 g/mol. The van der Waals surface area contributed by atoms with Crippen molar-refractivity contribution in [1.82, 2.24) is 4.31 Å². The minimum absolute atomic E-state index is 0.0236. The van der Waals surface area contributed by atoms with Gasteiger partial charge in [0.2, 0.25) is 10.0 Å². The Bertz CT molecular complexity index is 1040. The standard InChI is InChI=1S/C19H18Cl2N2O5S/c1-23(2)29(26,27)17-11-15(8-9-16(17)21)22-18(24)12-28-19(25)10-5-13-3-6-14(20)7-4-13/h3-11H,12H2,1-2H3,(H,22,24)/b10-5+. The Labute approximate surface area is 178 Å². The van der Waals surface area contributed by atoms with Gasteiger partial charge in [0.15, 0.2) is 6.61 Å². The molecular formula is C19H18Cl2N2O5S. The molecule has 10 heteroatoms. The Morgan fingerprint density at radius 1 is 1.10 bits per heavy atom. The van der Waals surface area contributed by atoms with Crippen LogP contribution in [-0.2, 0) is 24.3 Å². The molecule has 1 N–H and O–H groups in total. The van der Waals surface area contributed by atoms with E-state index in [2.05, 4.69) is 5.32 Å². The number of halogens is 2. The molecule has 2 aromatic carbocycles. The SMILES string of the molecule is CN(C)S(=O)(=O)c1cc(NC(=O)COC(=O)/C=C/c2ccc(Cl)cc2)ccc1Cl. The highest BCUT2D eigenvalue weighted by Gasteiger charge is 2.21. The molecule has 0 saturated carbocycles. The van der Waals surface area contributed by atoms with Gasteiger partial charge in [-0.2, -0.15) is 0 Å². The summed E-state index contributed by atoms with van der Waals surface area (Å²) in [4.78, 5) is 23.6. The molecule has 2 rings (SSSR count). The van der Waals surface area contributed by atoms with Crippen LogP contribution in [0.5, 0.6) is 0 Å². The lowest BCUT2D eigenvalue weighted by atomic mass is 10.2. The van der Waals surface area contributed by atoms with Gasteiger partial charge < -0.3 is 10.1 Å². The molecule has 1 amide bonds. The first-order valence-corrected chi connectivity index (χ1v) is 10.4. The second kappa shape index (κ2) is 9.89. The number of anilines is 1. The number of rotatable bonds is 7. The molecule has 0 heterocycles. The summed E-state index contributed by atoms with van der Waals surface area (Å²) in [5.41, 5.74) is 0.944. The lowest BCUT2D eigenvalue weighted by Crippen LogP contribution is -2.23. The summed E-state index contributed by atoms with van der Waals surface area (Å²) >= 11 is 11.7. The van der Waals surface area contributed by atoms with E-state index in [9.17, 15) is 18.0 Å². The maximum atomic E-state index is 12.3. The quantitative estimate of drug-likeness (QED) is 0.508. The van der Waals surface area contributed by atoms with Crippen LogP contribution < -0.4 is 5.32 Å². The molecule has 0 aliphatic heterocycles. The third kappa shape index (κ3) is 6.57. The van der Waals surface area contributed by atoms with E-state index in [0.29, 0.717) is 5.02 Å². The van der Waals surface area contributed by atoms with E-state index in [-0.39, 0.29) is 15.6 Å². The van der Waals surface area contributed by atoms with Crippen LogP contribution in [0.15, 0.2) is 53.4 Å². The van der Waals surface area contributed by atoms with Crippen molar-refractivity contribution in [2.75, 3.05) is 26.0 Å². The highest BCUT2D eigenvalue weighted by molar-refractivity contribution is 7.89. The van der Waals surface area contributed by atoms with E-state index in [1.54, 1.807) is 24.3 Å². The van der Waals surface area contributed by atoms with Crippen LogP contribution in [-0.4, -0.2) is 45.3 Å². The first-order chi connectivity index (χ1) is 13.6. The van der Waals surface area contributed by atoms with Gasteiger partial charge in [0.25, 0.3) is 5.91 Å². The van der Waals surface area contributed by atoms with Crippen LogP contribution in [0.25, 0.3) is 6.08 Å². The summed E-state index contributed by atoms with van der Waals surface area (Å²) < 4.78 is 30.4. The molecule has 0 atom stereocenters. The Balaban J connectivity index is 1.95. The fourth-order valence-electron chi connectivity index (χ4n) is 2.10. The topological polar surface area (TPSA) is 92.8 Å². The van der Waals surface area contributed by atoms with Gasteiger partial charge in [0.05, 0.1) is 5.02 Å². The Morgan fingerprint density at radius 2 is 1.76 bits per heavy atom. The second-order valence-corrected chi connectivity index (χ2v) is 8.94. The molecule has 7 nitrogen and oxygen atoms in total. The van der Waals surface area contributed by atoms with E-state index in [0.717, 1.165) is 9.87 Å². The van der Waals surface area contributed by atoms with Crippen molar-refractivity contribution in [2.45, 2.75) is 4.90 Å². The van der Waals surface area contributed by atoms with E-state index >= 15 is 0 Å². The predicted molar refractivity (Wildman–Crippen MR) is 112 cm³/mol. The summed E-state index contributed by atoms with van der Waals surface area (Å²) in [6.45, 7) is -0.540. The second-order valence-electron chi connectivity index (χ2n) is 5.97. The van der Waals surface area contributed by atoms with Gasteiger partial charge in [-0.25, -0.2) is 17.5 Å². The zero-order valence-electron chi connectivity index (χ0n) is 15.6. The van der Waals surface area contributed by atoms with Gasteiger partial charge in [-0.1, -0.05) is 35.3 Å². The van der Waals surface area contributed by atoms with Crippen molar-refractivity contribution in [3.8, 4) is 0 Å². The van der Waals surface area contributed by atoms with E-state index < -0.39 is 28.5 Å². The largest absolute Gasteiger partial charge is 0.452 e. The third-order valence-electron chi connectivity index (χ3n) is 3.60. The van der Waals surface area contributed by atoms with Gasteiger partial charge in [-0.3, -0.25) is 4.79 Å². The van der Waals surface area contributed by atoms with Crippen LogP contribution in [0.2, 0.25) is 10.0 Å². The number of hydrogen-bond acceptors (Lipinski definition) is 5. The maximum Gasteiger partial charge on any atom is 0.331 e. The number of nitrogens with one attached hydrogen (secondary N) is 1. The Kier molecular flexibility index (Phi) is 7.80. The number of ether oxygens (including phenoxy) is 1. The summed E-state index contributed by atoms with van der Waals surface area (Å²) in [5.74, 6) is -1.34. The lowest BCUT2D eigenvalue weighted by molar-refractivity contribution is -0.142. The van der Waals surface area contributed by atoms with Gasteiger partial charge in [-0.15, -0.1) is 0 Å². The van der Waals surface area contributed by atoms with Gasteiger partial charge in [-0.05, 0) is 42.0 Å². The minimum atomic E-state index is -3.78. The molecule has 0 aromatic heterocycles. The van der Waals surface area contributed by atoms with Crippen molar-refractivity contribution in [2.24, 2.45) is 0 Å². The average Bonchev–Trinajstić information content (AvgIpc) is 2.67. The highest BCUT2D eigenvalue weighted by Crippen LogP contribution is 2.26. The van der Waals surface area contributed by atoms with E-state index in [4.69, 9.17) is 27.9 Å². The third-order valence-corrected chi connectivity index (χ3v) is 6.15. The van der Waals surface area contributed by atoms with Crippen LogP contribution in [0.1, 0.15) is 5.56 Å². The van der Waals surface area contributed by atoms with E-state index in [1.807, 2.05) is 0 Å². The highest BCUT2D eigenvalue weighted by atomic mass is 35.5. The molecule has 154 valence electrons. The zero-order chi connectivity index (χ0) is 21.6. The Hall–Kier alpha value is -2.39. The fraction of sp³-hybridized carbons (Fsp3) is 0.158. The zero-order valence-corrected chi connectivity index (χ0v) is 17.9. The molecule has 0 spiro atoms. The molecule has 0 radical (unpaired) electrons. The number of carbonyl (C=O) groups is 2. The summed E-state index contributed by atoms with van der Waals surface area (Å²) in [7, 11) is -1.04. The number of esters is 1. The van der Waals surface area contributed by atoms with Crippen LogP contribution in [0.4, 0.5) is 5.69 Å². The number of amides is 1. The smallest absolute Gasteiger partial charge is 0.331 e. The maximum absolute atomic E-state index is 12.3. The molecule has 0 aliphatic carbocycles. The Morgan fingerprint density at radius 3 is 2.38 bits per heavy atom. The average molecular weight is 457 g/mol. The molecule has 0 saturated heterocycles. The van der Waals surface area contributed by atoms with Crippen molar-refractivity contribution < 1.29 is 22.7 Å². The number of benzene rings is 2. The van der Waals surface area contributed by atoms with Crippen molar-refractivity contribution in [1.29, 1.82) is 0 Å². The molecule has 0 bridgehead atoms. The van der Waals surface area contributed by atoms with Crippen molar-refractivity contribution >= 4 is 56.9 Å². The lowest BCUT2D eigenvalue weighted by Gasteiger charge is -2.14. The summed E-state index contributed by atoms with van der Waals surface area (Å²) in [5, 5.41) is 3.06. The van der Waals surface area contributed by atoms with Gasteiger partial charge in [0, 0.05) is 30.9 Å². The van der Waals surface area contributed by atoms with E-state index in [1.165, 1.54) is 44.4 Å². The molecule has 0 fully saturated rings. The molecule has 0 aliphatic rings. The minimum Gasteiger partial charge on any atom is -0.452 e. The molecule has 2 aromatic rings. The van der Waals surface area contributed by atoms with Crippen molar-refractivity contribution in [3.63, 3.8) is 0 Å². The monoisotopic (exact) mass is 456 g/mol. The number of carbonyl (C=O) groups excluding carboxylic acids is 2. The predicted octanol–water partition coefficient (Wildman–Crippen LogP) is 3.44. The number of nitrogens with zero attached hydrogens (tertiary/aromatic N) is 1. The van der Waals surface area contributed by atoms with Gasteiger partial charge >= 0.3 is 5.97 Å². The number of hydrogen-bond donors (Lipinski definition) is 1.